The van der Waals surface area contributed by atoms with E-state index in [-0.39, 0.29) is 16.1 Å². The summed E-state index contributed by atoms with van der Waals surface area (Å²) in [5, 5.41) is 11.3. The lowest BCUT2D eigenvalue weighted by atomic mass is 10.0. The molecular weight excluding hydrogens is 391 g/mol. The Balaban J connectivity index is 2.44. The summed E-state index contributed by atoms with van der Waals surface area (Å²) < 4.78 is 46.0. The van der Waals surface area contributed by atoms with E-state index < -0.39 is 45.3 Å². The van der Waals surface area contributed by atoms with Crippen LogP contribution in [0.3, 0.4) is 0 Å². The standard InChI is InChI=1S/C18H19FN2O6S/c1-12(2)27-18(22)11-16(15-8-3-4-9-17(15)21(23)24)20-28(25,26)14-7-5-6-13(19)10-14/h3-10,12,16,20H,11H2,1-2H3. The number of nitro benzene ring substituents is 1. The number of carbonyl (C=O) groups excluding carboxylic acids is 1. The van der Waals surface area contributed by atoms with Crippen molar-refractivity contribution in [2.75, 3.05) is 0 Å². The van der Waals surface area contributed by atoms with E-state index >= 15 is 0 Å². The average Bonchev–Trinajstić information content (AvgIpc) is 2.60. The first-order chi connectivity index (χ1) is 13.1. The van der Waals surface area contributed by atoms with E-state index in [1.54, 1.807) is 13.8 Å². The fourth-order valence-corrected chi connectivity index (χ4v) is 3.78. The van der Waals surface area contributed by atoms with Crippen molar-refractivity contribution in [1.29, 1.82) is 0 Å². The number of nitro groups is 1. The van der Waals surface area contributed by atoms with Crippen LogP contribution in [0.15, 0.2) is 53.4 Å². The van der Waals surface area contributed by atoms with E-state index in [4.69, 9.17) is 4.74 Å². The van der Waals surface area contributed by atoms with Crippen LogP contribution in [0.4, 0.5) is 10.1 Å². The largest absolute Gasteiger partial charge is 0.463 e. The van der Waals surface area contributed by atoms with Gasteiger partial charge in [-0.05, 0) is 32.0 Å². The molecule has 1 unspecified atom stereocenters. The Morgan fingerprint density at radius 3 is 2.50 bits per heavy atom. The van der Waals surface area contributed by atoms with Crippen LogP contribution in [0.25, 0.3) is 0 Å². The zero-order chi connectivity index (χ0) is 20.9. The molecule has 1 N–H and O–H groups in total. The van der Waals surface area contributed by atoms with Gasteiger partial charge in [-0.15, -0.1) is 0 Å². The maximum atomic E-state index is 13.4. The van der Waals surface area contributed by atoms with E-state index in [1.807, 2.05) is 0 Å². The monoisotopic (exact) mass is 410 g/mol. The summed E-state index contributed by atoms with van der Waals surface area (Å²) in [5.74, 6) is -1.50. The molecule has 0 saturated heterocycles. The van der Waals surface area contributed by atoms with Gasteiger partial charge in [0.2, 0.25) is 10.0 Å². The van der Waals surface area contributed by atoms with E-state index in [0.717, 1.165) is 12.1 Å². The van der Waals surface area contributed by atoms with Gasteiger partial charge in [-0.25, -0.2) is 17.5 Å². The zero-order valence-electron chi connectivity index (χ0n) is 15.2. The minimum Gasteiger partial charge on any atom is -0.463 e. The van der Waals surface area contributed by atoms with Crippen LogP contribution in [0.2, 0.25) is 0 Å². The van der Waals surface area contributed by atoms with Gasteiger partial charge >= 0.3 is 5.97 Å². The molecule has 2 aromatic rings. The normalized spacial score (nSPS) is 12.6. The number of nitrogens with one attached hydrogen (secondary N) is 1. The second-order valence-corrected chi connectivity index (χ2v) is 7.90. The summed E-state index contributed by atoms with van der Waals surface area (Å²) in [6.07, 6.45) is -0.920. The highest BCUT2D eigenvalue weighted by atomic mass is 32.2. The van der Waals surface area contributed by atoms with Gasteiger partial charge in [0.1, 0.15) is 5.82 Å². The molecule has 0 spiro atoms. The number of hydrogen-bond acceptors (Lipinski definition) is 6. The summed E-state index contributed by atoms with van der Waals surface area (Å²) in [6.45, 7) is 3.24. The molecule has 8 nitrogen and oxygen atoms in total. The first kappa shape index (κ1) is 21.5. The van der Waals surface area contributed by atoms with Crippen molar-refractivity contribution >= 4 is 21.7 Å². The number of para-hydroxylation sites is 1. The molecule has 0 saturated carbocycles. The lowest BCUT2D eigenvalue weighted by Crippen LogP contribution is -2.31. The Bertz CT molecular complexity index is 978. The summed E-state index contributed by atoms with van der Waals surface area (Å²) in [4.78, 5) is 22.4. The van der Waals surface area contributed by atoms with Crippen LogP contribution in [-0.4, -0.2) is 25.4 Å². The molecule has 2 rings (SSSR count). The number of halogens is 1. The Morgan fingerprint density at radius 2 is 1.89 bits per heavy atom. The minimum absolute atomic E-state index is 0.00631. The number of ether oxygens (including phenoxy) is 1. The third kappa shape index (κ3) is 5.57. The van der Waals surface area contributed by atoms with Gasteiger partial charge in [0.05, 0.1) is 28.4 Å². The molecule has 0 aliphatic rings. The van der Waals surface area contributed by atoms with Gasteiger partial charge in [-0.3, -0.25) is 14.9 Å². The number of esters is 1. The molecule has 0 aliphatic carbocycles. The zero-order valence-corrected chi connectivity index (χ0v) is 16.0. The molecule has 0 amide bonds. The van der Waals surface area contributed by atoms with Gasteiger partial charge in [0, 0.05) is 11.6 Å². The molecule has 0 heterocycles. The van der Waals surface area contributed by atoms with Crippen LogP contribution in [0, 0.1) is 15.9 Å². The van der Waals surface area contributed by atoms with Crippen LogP contribution in [0.5, 0.6) is 0 Å². The van der Waals surface area contributed by atoms with Gasteiger partial charge in [-0.2, -0.15) is 0 Å². The van der Waals surface area contributed by atoms with Crippen molar-refractivity contribution in [3.05, 3.63) is 70.0 Å². The van der Waals surface area contributed by atoms with Gasteiger partial charge in [0.25, 0.3) is 5.69 Å². The highest BCUT2D eigenvalue weighted by Crippen LogP contribution is 2.29. The third-order valence-electron chi connectivity index (χ3n) is 3.65. The van der Waals surface area contributed by atoms with Crippen molar-refractivity contribution < 1.29 is 27.3 Å². The molecule has 2 aromatic carbocycles. The SMILES string of the molecule is CC(C)OC(=O)CC(NS(=O)(=O)c1cccc(F)c1)c1ccccc1[N+](=O)[O-]. The molecule has 0 aromatic heterocycles. The van der Waals surface area contributed by atoms with Gasteiger partial charge < -0.3 is 4.74 Å². The van der Waals surface area contributed by atoms with E-state index in [2.05, 4.69) is 4.72 Å². The maximum Gasteiger partial charge on any atom is 0.308 e. The van der Waals surface area contributed by atoms with Crippen LogP contribution >= 0.6 is 0 Å². The number of nitrogens with zero attached hydrogens (tertiary/aromatic N) is 1. The number of sulfonamides is 1. The van der Waals surface area contributed by atoms with Crippen molar-refractivity contribution in [2.45, 2.75) is 37.3 Å². The van der Waals surface area contributed by atoms with Crippen molar-refractivity contribution in [3.63, 3.8) is 0 Å². The minimum atomic E-state index is -4.27. The van der Waals surface area contributed by atoms with Crippen LogP contribution < -0.4 is 4.72 Å². The molecule has 1 atom stereocenters. The van der Waals surface area contributed by atoms with Crippen LogP contribution in [-0.2, 0) is 19.6 Å². The summed E-state index contributed by atoms with van der Waals surface area (Å²) in [5.41, 5.74) is -0.361. The van der Waals surface area contributed by atoms with Crippen molar-refractivity contribution in [2.24, 2.45) is 0 Å². The van der Waals surface area contributed by atoms with Crippen molar-refractivity contribution in [3.8, 4) is 0 Å². The Morgan fingerprint density at radius 1 is 1.21 bits per heavy atom. The lowest BCUT2D eigenvalue weighted by Gasteiger charge is -2.19. The lowest BCUT2D eigenvalue weighted by molar-refractivity contribution is -0.385. The smallest absolute Gasteiger partial charge is 0.308 e. The van der Waals surface area contributed by atoms with Crippen LogP contribution in [0.1, 0.15) is 31.9 Å². The Labute approximate surface area is 161 Å². The third-order valence-corrected chi connectivity index (χ3v) is 5.12. The summed E-state index contributed by atoms with van der Waals surface area (Å²) in [6, 6.07) is 8.47. The first-order valence-electron chi connectivity index (χ1n) is 8.31. The number of hydrogen-bond donors (Lipinski definition) is 1. The highest BCUT2D eigenvalue weighted by molar-refractivity contribution is 7.89. The predicted octanol–water partition coefficient (Wildman–Crippen LogP) is 3.10. The highest BCUT2D eigenvalue weighted by Gasteiger charge is 2.29. The van der Waals surface area contributed by atoms with E-state index in [1.165, 1.54) is 36.4 Å². The average molecular weight is 410 g/mol. The number of benzene rings is 2. The number of rotatable bonds is 8. The Kier molecular flexibility index (Phi) is 6.81. The van der Waals surface area contributed by atoms with E-state index in [9.17, 15) is 27.7 Å². The Hall–Kier alpha value is -2.85. The molecule has 28 heavy (non-hydrogen) atoms. The van der Waals surface area contributed by atoms with Gasteiger partial charge in [0.15, 0.2) is 0 Å². The predicted molar refractivity (Wildman–Crippen MR) is 98.4 cm³/mol. The maximum absolute atomic E-state index is 13.4. The molecule has 0 aliphatic heterocycles. The quantitative estimate of drug-likeness (QED) is 0.406. The first-order valence-corrected chi connectivity index (χ1v) is 9.79. The second-order valence-electron chi connectivity index (χ2n) is 6.19. The second kappa shape index (κ2) is 8.89. The van der Waals surface area contributed by atoms with Crippen molar-refractivity contribution in [1.82, 2.24) is 4.72 Å². The van der Waals surface area contributed by atoms with E-state index in [0.29, 0.717) is 0 Å². The summed E-state index contributed by atoms with van der Waals surface area (Å²) in [7, 11) is -4.27. The summed E-state index contributed by atoms with van der Waals surface area (Å²) >= 11 is 0. The topological polar surface area (TPSA) is 116 Å². The fraction of sp³-hybridized carbons (Fsp3) is 0.278. The molecule has 10 heteroatoms. The van der Waals surface area contributed by atoms with Gasteiger partial charge in [-0.1, -0.05) is 24.3 Å². The molecule has 0 bridgehead atoms. The molecule has 0 radical (unpaired) electrons. The molecule has 0 fully saturated rings. The number of carbonyl (C=O) groups is 1. The molecule has 150 valence electrons. The fourth-order valence-electron chi connectivity index (χ4n) is 2.53. The molecular formula is C18H19FN2O6S.